The molecule has 1 N–H and O–H groups in total. The molecule has 0 spiro atoms. The maximum atomic E-state index is 12.0. The summed E-state index contributed by atoms with van der Waals surface area (Å²) in [5, 5.41) is 11.2. The number of carbonyl (C=O) groups excluding carboxylic acids is 1. The lowest BCUT2D eigenvalue weighted by atomic mass is 10.1. The Morgan fingerprint density at radius 3 is 2.68 bits per heavy atom. The number of carboxylic acids is 1. The normalized spacial score (nSPS) is 19.1. The highest BCUT2D eigenvalue weighted by molar-refractivity contribution is 6.08. The van der Waals surface area contributed by atoms with Crippen LogP contribution in [0.25, 0.3) is 10.8 Å². The highest BCUT2D eigenvalue weighted by atomic mass is 16.4. The van der Waals surface area contributed by atoms with E-state index in [0.29, 0.717) is 18.5 Å². The first-order valence-electron chi connectivity index (χ1n) is 6.21. The quantitative estimate of drug-likeness (QED) is 0.896. The molecule has 1 heterocycles. The Morgan fingerprint density at radius 2 is 1.89 bits per heavy atom. The Morgan fingerprint density at radius 1 is 1.16 bits per heavy atom. The molecule has 2 aromatic carbocycles. The number of carboxylic acid groups (broad SMARTS) is 1. The van der Waals surface area contributed by atoms with Crippen molar-refractivity contribution in [2.75, 3.05) is 4.90 Å². The van der Waals surface area contributed by atoms with Crippen molar-refractivity contribution in [3.8, 4) is 0 Å². The summed E-state index contributed by atoms with van der Waals surface area (Å²) in [6.07, 6.45) is 0.664. The molecule has 0 aromatic heterocycles. The fourth-order valence-electron chi connectivity index (χ4n) is 2.64. The van der Waals surface area contributed by atoms with Gasteiger partial charge in [-0.2, -0.15) is 0 Å². The second-order valence-electron chi connectivity index (χ2n) is 4.65. The van der Waals surface area contributed by atoms with Crippen LogP contribution in [0.5, 0.6) is 0 Å². The van der Waals surface area contributed by atoms with Gasteiger partial charge in [-0.1, -0.05) is 36.4 Å². The molecule has 0 aliphatic carbocycles. The van der Waals surface area contributed by atoms with Crippen molar-refractivity contribution in [1.82, 2.24) is 0 Å². The van der Waals surface area contributed by atoms with Crippen LogP contribution in [0.3, 0.4) is 0 Å². The van der Waals surface area contributed by atoms with Crippen molar-refractivity contribution in [3.05, 3.63) is 42.5 Å². The van der Waals surface area contributed by atoms with Crippen molar-refractivity contribution < 1.29 is 14.7 Å². The Hall–Kier alpha value is -2.36. The molecule has 19 heavy (non-hydrogen) atoms. The zero-order chi connectivity index (χ0) is 13.4. The molecule has 0 saturated carbocycles. The van der Waals surface area contributed by atoms with E-state index < -0.39 is 12.0 Å². The number of hydrogen-bond acceptors (Lipinski definition) is 2. The first kappa shape index (κ1) is 11.7. The minimum atomic E-state index is -0.946. The van der Waals surface area contributed by atoms with Crippen LogP contribution in [0.4, 0.5) is 5.69 Å². The summed E-state index contributed by atoms with van der Waals surface area (Å²) >= 11 is 0. The molecular weight excluding hydrogens is 242 g/mol. The molecule has 1 atom stereocenters. The average Bonchev–Trinajstić information content (AvgIpc) is 2.80. The van der Waals surface area contributed by atoms with Crippen molar-refractivity contribution >= 4 is 28.3 Å². The summed E-state index contributed by atoms with van der Waals surface area (Å²) in [6, 6.07) is 12.5. The summed E-state index contributed by atoms with van der Waals surface area (Å²) in [7, 11) is 0. The number of fused-ring (bicyclic) bond motifs is 1. The second kappa shape index (κ2) is 4.39. The molecular formula is C15H13NO3. The fraction of sp³-hybridized carbons (Fsp3) is 0.200. The van der Waals surface area contributed by atoms with E-state index in [1.807, 2.05) is 42.5 Å². The van der Waals surface area contributed by atoms with Gasteiger partial charge in [-0.15, -0.1) is 0 Å². The predicted octanol–water partition coefficient (Wildman–Crippen LogP) is 2.42. The summed E-state index contributed by atoms with van der Waals surface area (Å²) in [5.41, 5.74) is 0.688. The van der Waals surface area contributed by atoms with E-state index in [4.69, 9.17) is 0 Å². The van der Waals surface area contributed by atoms with Gasteiger partial charge < -0.3 is 5.11 Å². The number of anilines is 1. The van der Waals surface area contributed by atoms with Crippen LogP contribution in [0.15, 0.2) is 42.5 Å². The van der Waals surface area contributed by atoms with E-state index >= 15 is 0 Å². The predicted molar refractivity (Wildman–Crippen MR) is 72.1 cm³/mol. The monoisotopic (exact) mass is 255 g/mol. The highest BCUT2D eigenvalue weighted by Crippen LogP contribution is 2.32. The van der Waals surface area contributed by atoms with Gasteiger partial charge in [0.05, 0.1) is 5.69 Å². The van der Waals surface area contributed by atoms with Crippen LogP contribution in [0.1, 0.15) is 12.8 Å². The van der Waals surface area contributed by atoms with Gasteiger partial charge in [0.2, 0.25) is 5.91 Å². The van der Waals surface area contributed by atoms with Gasteiger partial charge in [0.1, 0.15) is 6.04 Å². The molecule has 4 heteroatoms. The first-order valence-corrected chi connectivity index (χ1v) is 6.21. The summed E-state index contributed by atoms with van der Waals surface area (Å²) in [5.74, 6) is -1.07. The minimum absolute atomic E-state index is 0.122. The van der Waals surface area contributed by atoms with E-state index in [1.165, 1.54) is 4.90 Å². The zero-order valence-corrected chi connectivity index (χ0v) is 10.2. The maximum absolute atomic E-state index is 12.0. The third-order valence-corrected chi connectivity index (χ3v) is 3.52. The largest absolute Gasteiger partial charge is 0.480 e. The highest BCUT2D eigenvalue weighted by Gasteiger charge is 2.37. The van der Waals surface area contributed by atoms with Gasteiger partial charge in [-0.3, -0.25) is 9.69 Å². The average molecular weight is 255 g/mol. The van der Waals surface area contributed by atoms with Crippen LogP contribution in [0, 0.1) is 0 Å². The van der Waals surface area contributed by atoms with Crippen molar-refractivity contribution in [3.63, 3.8) is 0 Å². The summed E-state index contributed by atoms with van der Waals surface area (Å²) in [6.45, 7) is 0. The molecule has 1 saturated heterocycles. The van der Waals surface area contributed by atoms with Gasteiger partial charge in [-0.05, 0) is 17.9 Å². The lowest BCUT2D eigenvalue weighted by Crippen LogP contribution is -2.38. The zero-order valence-electron chi connectivity index (χ0n) is 10.2. The number of amides is 1. The molecule has 0 unspecified atom stereocenters. The van der Waals surface area contributed by atoms with Crippen LogP contribution in [0.2, 0.25) is 0 Å². The van der Waals surface area contributed by atoms with Crippen molar-refractivity contribution in [2.24, 2.45) is 0 Å². The second-order valence-corrected chi connectivity index (χ2v) is 4.65. The number of hydrogen-bond donors (Lipinski definition) is 1. The Kier molecular flexibility index (Phi) is 2.71. The molecule has 0 bridgehead atoms. The molecule has 0 radical (unpaired) electrons. The third-order valence-electron chi connectivity index (χ3n) is 3.52. The Bertz CT molecular complexity index is 660. The van der Waals surface area contributed by atoms with Gasteiger partial charge in [0.25, 0.3) is 0 Å². The summed E-state index contributed by atoms with van der Waals surface area (Å²) < 4.78 is 0. The molecule has 1 aliphatic heterocycles. The number of carbonyl (C=O) groups is 2. The van der Waals surface area contributed by atoms with Crippen molar-refractivity contribution in [2.45, 2.75) is 18.9 Å². The van der Waals surface area contributed by atoms with Crippen LogP contribution >= 0.6 is 0 Å². The lowest BCUT2D eigenvalue weighted by Gasteiger charge is -2.23. The summed E-state index contributed by atoms with van der Waals surface area (Å²) in [4.78, 5) is 24.7. The first-order chi connectivity index (χ1) is 9.18. The molecule has 1 amide bonds. The molecule has 1 fully saturated rings. The van der Waals surface area contributed by atoms with Gasteiger partial charge in [0.15, 0.2) is 0 Å². The number of benzene rings is 2. The van der Waals surface area contributed by atoms with E-state index in [1.54, 1.807) is 0 Å². The number of nitrogens with zero attached hydrogens (tertiary/aromatic N) is 1. The smallest absolute Gasteiger partial charge is 0.326 e. The fourth-order valence-corrected chi connectivity index (χ4v) is 2.64. The van der Waals surface area contributed by atoms with Crippen LogP contribution < -0.4 is 4.90 Å². The number of aliphatic carboxylic acids is 1. The molecule has 2 aromatic rings. The Balaban J connectivity index is 2.18. The lowest BCUT2D eigenvalue weighted by molar-refractivity contribution is -0.138. The van der Waals surface area contributed by atoms with E-state index in [2.05, 4.69) is 0 Å². The SMILES string of the molecule is O=C(O)[C@H]1CCC(=O)N1c1cccc2ccccc12. The molecule has 1 aliphatic rings. The number of rotatable bonds is 2. The third kappa shape index (κ3) is 1.85. The van der Waals surface area contributed by atoms with Gasteiger partial charge >= 0.3 is 5.97 Å². The Labute approximate surface area is 110 Å². The van der Waals surface area contributed by atoms with E-state index in [0.717, 1.165) is 10.8 Å². The van der Waals surface area contributed by atoms with Crippen LogP contribution in [-0.4, -0.2) is 23.0 Å². The van der Waals surface area contributed by atoms with Gasteiger partial charge in [-0.25, -0.2) is 4.79 Å². The topological polar surface area (TPSA) is 57.6 Å². The molecule has 3 rings (SSSR count). The van der Waals surface area contributed by atoms with Crippen LogP contribution in [-0.2, 0) is 9.59 Å². The van der Waals surface area contributed by atoms with Gasteiger partial charge in [0, 0.05) is 11.8 Å². The van der Waals surface area contributed by atoms with E-state index in [9.17, 15) is 14.7 Å². The standard InChI is InChI=1S/C15H13NO3/c17-14-9-8-13(15(18)19)16(14)12-7-3-5-10-4-1-2-6-11(10)12/h1-7,13H,8-9H2,(H,18,19)/t13-/m1/s1. The molecule has 4 nitrogen and oxygen atoms in total. The van der Waals surface area contributed by atoms with Crippen molar-refractivity contribution in [1.29, 1.82) is 0 Å². The van der Waals surface area contributed by atoms with E-state index in [-0.39, 0.29) is 5.91 Å². The molecule has 96 valence electrons. The minimum Gasteiger partial charge on any atom is -0.480 e. The maximum Gasteiger partial charge on any atom is 0.326 e.